The van der Waals surface area contributed by atoms with Crippen LogP contribution in [-0.4, -0.2) is 25.3 Å². The van der Waals surface area contributed by atoms with Gasteiger partial charge in [-0.25, -0.2) is 0 Å². The minimum atomic E-state index is -0.282. The molecule has 0 atom stereocenters. The number of hydrogen-bond acceptors (Lipinski definition) is 4. The smallest absolute Gasteiger partial charge is 0.262 e. The predicted molar refractivity (Wildman–Crippen MR) is 131 cm³/mol. The quantitative estimate of drug-likeness (QED) is 0.385. The Morgan fingerprint density at radius 1 is 1.06 bits per heavy atom. The number of nitrogens with zero attached hydrogens (tertiary/aromatic N) is 1. The Morgan fingerprint density at radius 3 is 2.53 bits per heavy atom. The molecule has 3 aromatic carbocycles. The molecule has 3 aromatic rings. The molecule has 0 saturated heterocycles. The lowest BCUT2D eigenvalue weighted by Crippen LogP contribution is -2.20. The van der Waals surface area contributed by atoms with E-state index in [9.17, 15) is 4.79 Å². The number of hydrogen-bond donors (Lipinski definition) is 1. The summed E-state index contributed by atoms with van der Waals surface area (Å²) in [5.41, 5.74) is 4.66. The molecule has 0 bridgehead atoms. The summed E-state index contributed by atoms with van der Waals surface area (Å²) in [5.74, 6) is 0.513. The van der Waals surface area contributed by atoms with Crippen LogP contribution < -0.4 is 14.8 Å². The molecule has 6 heteroatoms. The van der Waals surface area contributed by atoms with Crippen molar-refractivity contribution in [3.8, 4) is 11.5 Å². The van der Waals surface area contributed by atoms with Crippen LogP contribution in [0.5, 0.6) is 11.5 Å². The molecule has 32 heavy (non-hydrogen) atoms. The van der Waals surface area contributed by atoms with E-state index in [2.05, 4.69) is 29.4 Å². The zero-order valence-electron chi connectivity index (χ0n) is 18.5. The first-order valence-corrected chi connectivity index (χ1v) is 10.9. The SMILES string of the molecule is CCOc1cc(C=Nc2ccc(CC)cc2)cc(Cl)c1OCC(=O)Nc1cccc(C)c1. The highest BCUT2D eigenvalue weighted by Crippen LogP contribution is 2.36. The molecule has 0 spiro atoms. The number of rotatable bonds is 9. The van der Waals surface area contributed by atoms with Gasteiger partial charge in [-0.15, -0.1) is 0 Å². The van der Waals surface area contributed by atoms with Crippen molar-refractivity contribution < 1.29 is 14.3 Å². The molecule has 0 aliphatic heterocycles. The van der Waals surface area contributed by atoms with Gasteiger partial charge in [0.25, 0.3) is 5.91 Å². The van der Waals surface area contributed by atoms with E-state index in [1.54, 1.807) is 18.3 Å². The van der Waals surface area contributed by atoms with E-state index in [1.165, 1.54) is 5.56 Å². The summed E-state index contributed by atoms with van der Waals surface area (Å²) >= 11 is 6.46. The first-order valence-electron chi connectivity index (χ1n) is 10.6. The summed E-state index contributed by atoms with van der Waals surface area (Å²) in [6, 6.07) is 19.2. The zero-order chi connectivity index (χ0) is 22.9. The minimum Gasteiger partial charge on any atom is -0.490 e. The number of amides is 1. The van der Waals surface area contributed by atoms with E-state index in [0.29, 0.717) is 28.8 Å². The zero-order valence-corrected chi connectivity index (χ0v) is 19.3. The minimum absolute atomic E-state index is 0.190. The number of carbonyl (C=O) groups excluding carboxylic acids is 1. The molecule has 0 aromatic heterocycles. The Balaban J connectivity index is 1.71. The van der Waals surface area contributed by atoms with Crippen LogP contribution in [0.3, 0.4) is 0 Å². The molecule has 0 heterocycles. The van der Waals surface area contributed by atoms with E-state index in [0.717, 1.165) is 23.2 Å². The molecule has 166 valence electrons. The first-order chi connectivity index (χ1) is 15.5. The van der Waals surface area contributed by atoms with Crippen molar-refractivity contribution in [3.05, 3.63) is 82.4 Å². The molecule has 0 fully saturated rings. The van der Waals surface area contributed by atoms with Crippen molar-refractivity contribution in [1.82, 2.24) is 0 Å². The van der Waals surface area contributed by atoms with Crippen LogP contribution in [0.15, 0.2) is 65.7 Å². The van der Waals surface area contributed by atoms with Crippen LogP contribution in [0.2, 0.25) is 5.02 Å². The maximum absolute atomic E-state index is 12.3. The number of benzene rings is 3. The Hall–Kier alpha value is -3.31. The van der Waals surface area contributed by atoms with Gasteiger partial charge in [0.1, 0.15) is 0 Å². The van der Waals surface area contributed by atoms with E-state index in [1.807, 2.05) is 50.2 Å². The van der Waals surface area contributed by atoms with Gasteiger partial charge in [0.15, 0.2) is 18.1 Å². The number of nitrogens with one attached hydrogen (secondary N) is 1. The number of aryl methyl sites for hydroxylation is 2. The molecule has 3 rings (SSSR count). The third-order valence-electron chi connectivity index (χ3n) is 4.69. The lowest BCUT2D eigenvalue weighted by molar-refractivity contribution is -0.118. The average Bonchev–Trinajstić information content (AvgIpc) is 2.77. The topological polar surface area (TPSA) is 59.9 Å². The first kappa shape index (κ1) is 23.4. The lowest BCUT2D eigenvalue weighted by atomic mass is 10.1. The highest BCUT2D eigenvalue weighted by Gasteiger charge is 2.14. The normalized spacial score (nSPS) is 10.9. The largest absolute Gasteiger partial charge is 0.490 e. The third-order valence-corrected chi connectivity index (χ3v) is 4.97. The molecular weight excluding hydrogens is 424 g/mol. The van der Waals surface area contributed by atoms with Crippen LogP contribution in [0.4, 0.5) is 11.4 Å². The van der Waals surface area contributed by atoms with Crippen molar-refractivity contribution in [2.45, 2.75) is 27.2 Å². The highest BCUT2D eigenvalue weighted by atomic mass is 35.5. The fourth-order valence-electron chi connectivity index (χ4n) is 3.09. The van der Waals surface area contributed by atoms with E-state index >= 15 is 0 Å². The fraction of sp³-hybridized carbons (Fsp3) is 0.231. The average molecular weight is 451 g/mol. The molecule has 0 radical (unpaired) electrons. The van der Waals surface area contributed by atoms with Crippen LogP contribution >= 0.6 is 11.6 Å². The van der Waals surface area contributed by atoms with Gasteiger partial charge >= 0.3 is 0 Å². The van der Waals surface area contributed by atoms with Crippen molar-refractivity contribution in [1.29, 1.82) is 0 Å². The van der Waals surface area contributed by atoms with Gasteiger partial charge < -0.3 is 14.8 Å². The Kier molecular flexibility index (Phi) is 8.28. The maximum Gasteiger partial charge on any atom is 0.262 e. The van der Waals surface area contributed by atoms with Gasteiger partial charge in [0.05, 0.1) is 17.3 Å². The second-order valence-electron chi connectivity index (χ2n) is 7.25. The number of halogens is 1. The van der Waals surface area contributed by atoms with Crippen molar-refractivity contribution in [2.75, 3.05) is 18.5 Å². The van der Waals surface area contributed by atoms with E-state index in [-0.39, 0.29) is 12.5 Å². The van der Waals surface area contributed by atoms with Gasteiger partial charge in [-0.3, -0.25) is 9.79 Å². The van der Waals surface area contributed by atoms with Crippen LogP contribution in [-0.2, 0) is 11.2 Å². The lowest BCUT2D eigenvalue weighted by Gasteiger charge is -2.14. The molecule has 1 amide bonds. The predicted octanol–water partition coefficient (Wildman–Crippen LogP) is 6.38. The van der Waals surface area contributed by atoms with Gasteiger partial charge in [-0.05, 0) is 73.4 Å². The van der Waals surface area contributed by atoms with Gasteiger partial charge in [-0.2, -0.15) is 0 Å². The molecule has 0 unspecified atom stereocenters. The highest BCUT2D eigenvalue weighted by molar-refractivity contribution is 6.32. The fourth-order valence-corrected chi connectivity index (χ4v) is 3.36. The molecule has 1 N–H and O–H groups in total. The van der Waals surface area contributed by atoms with Crippen molar-refractivity contribution in [3.63, 3.8) is 0 Å². The summed E-state index contributed by atoms with van der Waals surface area (Å²) in [7, 11) is 0. The second kappa shape index (κ2) is 11.3. The molecule has 0 saturated carbocycles. The standard InChI is InChI=1S/C26H27ClN2O3/c1-4-19-9-11-21(12-10-19)28-16-20-14-23(27)26(24(15-20)31-5-2)32-17-25(30)29-22-8-6-7-18(3)13-22/h6-16H,4-5,17H2,1-3H3,(H,29,30). The monoisotopic (exact) mass is 450 g/mol. The maximum atomic E-state index is 12.3. The molecule has 5 nitrogen and oxygen atoms in total. The number of anilines is 1. The summed E-state index contributed by atoms with van der Waals surface area (Å²) in [6.45, 7) is 6.20. The number of carbonyl (C=O) groups is 1. The van der Waals surface area contributed by atoms with Crippen LogP contribution in [0, 0.1) is 6.92 Å². The number of ether oxygens (including phenoxy) is 2. The summed E-state index contributed by atoms with van der Waals surface area (Å²) in [5, 5.41) is 3.16. The Morgan fingerprint density at radius 2 is 1.84 bits per heavy atom. The van der Waals surface area contributed by atoms with Crippen LogP contribution in [0.1, 0.15) is 30.5 Å². The van der Waals surface area contributed by atoms with E-state index in [4.69, 9.17) is 21.1 Å². The van der Waals surface area contributed by atoms with Gasteiger partial charge in [-0.1, -0.05) is 42.8 Å². The molecule has 0 aliphatic carbocycles. The molecule has 0 aliphatic rings. The van der Waals surface area contributed by atoms with Crippen molar-refractivity contribution in [2.24, 2.45) is 4.99 Å². The second-order valence-corrected chi connectivity index (χ2v) is 7.65. The van der Waals surface area contributed by atoms with E-state index < -0.39 is 0 Å². The Labute approximate surface area is 194 Å². The molecular formula is C26H27ClN2O3. The van der Waals surface area contributed by atoms with Gasteiger partial charge in [0, 0.05) is 11.9 Å². The van der Waals surface area contributed by atoms with Crippen LogP contribution in [0.25, 0.3) is 0 Å². The Bertz CT molecular complexity index is 1090. The summed E-state index contributed by atoms with van der Waals surface area (Å²) in [4.78, 5) is 16.8. The number of aliphatic imine (C=N–C) groups is 1. The summed E-state index contributed by atoms with van der Waals surface area (Å²) in [6.07, 6.45) is 2.71. The van der Waals surface area contributed by atoms with Crippen molar-refractivity contribution >= 4 is 35.1 Å². The summed E-state index contributed by atoms with van der Waals surface area (Å²) < 4.78 is 11.4. The third kappa shape index (κ3) is 6.59. The van der Waals surface area contributed by atoms with Gasteiger partial charge in [0.2, 0.25) is 0 Å².